The smallest absolute Gasteiger partial charge is 0.162 e. The van der Waals surface area contributed by atoms with Crippen molar-refractivity contribution in [3.05, 3.63) is 22.7 Å². The summed E-state index contributed by atoms with van der Waals surface area (Å²) in [6.07, 6.45) is 4.53. The van der Waals surface area contributed by atoms with Crippen LogP contribution in [-0.2, 0) is 9.59 Å². The molecule has 20 heavy (non-hydrogen) atoms. The van der Waals surface area contributed by atoms with E-state index in [4.69, 9.17) is 0 Å². The van der Waals surface area contributed by atoms with Crippen LogP contribution in [0.25, 0.3) is 0 Å². The van der Waals surface area contributed by atoms with Crippen molar-refractivity contribution in [3.63, 3.8) is 0 Å². The van der Waals surface area contributed by atoms with Gasteiger partial charge in [0.1, 0.15) is 0 Å². The quantitative estimate of drug-likeness (QED) is 0.825. The van der Waals surface area contributed by atoms with Gasteiger partial charge in [0.2, 0.25) is 0 Å². The van der Waals surface area contributed by atoms with Gasteiger partial charge in [-0.05, 0) is 19.3 Å². The van der Waals surface area contributed by atoms with E-state index in [0.717, 1.165) is 6.42 Å². The summed E-state index contributed by atoms with van der Waals surface area (Å²) < 4.78 is 0. The Kier molecular flexibility index (Phi) is 4.63. The van der Waals surface area contributed by atoms with Crippen molar-refractivity contribution >= 4 is 11.6 Å². The van der Waals surface area contributed by atoms with Crippen LogP contribution in [0, 0.1) is 5.92 Å². The highest BCUT2D eigenvalue weighted by atomic mass is 16.3. The number of hydrogen-bond donors (Lipinski definition) is 2. The van der Waals surface area contributed by atoms with Crippen LogP contribution in [-0.4, -0.2) is 21.8 Å². The molecule has 2 aliphatic rings. The Labute approximate surface area is 119 Å². The molecule has 0 saturated carbocycles. The van der Waals surface area contributed by atoms with Crippen LogP contribution in [0.4, 0.5) is 0 Å². The average molecular weight is 278 g/mol. The molecule has 2 N–H and O–H groups in total. The number of allylic oxidation sites excluding steroid dienone is 4. The topological polar surface area (TPSA) is 74.6 Å². The van der Waals surface area contributed by atoms with Crippen molar-refractivity contribution in [2.45, 2.75) is 58.3 Å². The van der Waals surface area contributed by atoms with Crippen molar-refractivity contribution in [1.29, 1.82) is 0 Å². The summed E-state index contributed by atoms with van der Waals surface area (Å²) in [6.45, 7) is 1.98. The van der Waals surface area contributed by atoms with Gasteiger partial charge in [0.05, 0.1) is 11.5 Å². The van der Waals surface area contributed by atoms with Gasteiger partial charge in [-0.15, -0.1) is 0 Å². The largest absolute Gasteiger partial charge is 0.512 e. The highest BCUT2D eigenvalue weighted by Gasteiger charge is 2.35. The Morgan fingerprint density at radius 3 is 1.70 bits per heavy atom. The fraction of sp³-hybridized carbons (Fsp3) is 0.625. The minimum atomic E-state index is -0.430. The summed E-state index contributed by atoms with van der Waals surface area (Å²) in [5.74, 6) is -0.367. The molecule has 0 spiro atoms. The fourth-order valence-electron chi connectivity index (χ4n) is 3.21. The van der Waals surface area contributed by atoms with Crippen LogP contribution in [0.3, 0.4) is 0 Å². The van der Waals surface area contributed by atoms with Crippen molar-refractivity contribution in [1.82, 2.24) is 0 Å². The minimum Gasteiger partial charge on any atom is -0.512 e. The summed E-state index contributed by atoms with van der Waals surface area (Å²) in [5.41, 5.74) is 0.741. The van der Waals surface area contributed by atoms with Crippen LogP contribution in [0.15, 0.2) is 22.7 Å². The maximum absolute atomic E-state index is 12.1. The molecular weight excluding hydrogens is 256 g/mol. The zero-order valence-electron chi connectivity index (χ0n) is 11.9. The van der Waals surface area contributed by atoms with Crippen LogP contribution in [0.2, 0.25) is 0 Å². The molecule has 0 aromatic rings. The first-order valence-corrected chi connectivity index (χ1v) is 7.46. The molecular formula is C16H22O4. The molecule has 0 atom stereocenters. The molecule has 4 heteroatoms. The van der Waals surface area contributed by atoms with Gasteiger partial charge < -0.3 is 10.2 Å². The molecule has 0 radical (unpaired) electrons. The van der Waals surface area contributed by atoms with E-state index in [9.17, 15) is 19.8 Å². The lowest BCUT2D eigenvalue weighted by Crippen LogP contribution is -2.26. The molecule has 0 aromatic heterocycles. The molecule has 0 unspecified atom stereocenters. The Bertz CT molecular complexity index is 443. The van der Waals surface area contributed by atoms with Crippen LogP contribution in [0.1, 0.15) is 58.3 Å². The molecule has 0 aliphatic heterocycles. The van der Waals surface area contributed by atoms with E-state index in [1.807, 2.05) is 6.92 Å². The predicted molar refractivity (Wildman–Crippen MR) is 75.4 cm³/mol. The van der Waals surface area contributed by atoms with Crippen molar-refractivity contribution in [2.24, 2.45) is 5.92 Å². The van der Waals surface area contributed by atoms with Crippen molar-refractivity contribution < 1.29 is 19.8 Å². The summed E-state index contributed by atoms with van der Waals surface area (Å²) in [7, 11) is 0. The molecule has 0 bridgehead atoms. The second-order valence-electron chi connectivity index (χ2n) is 5.62. The second kappa shape index (κ2) is 6.25. The number of aliphatic hydroxyl groups is 2. The summed E-state index contributed by atoms with van der Waals surface area (Å²) >= 11 is 0. The van der Waals surface area contributed by atoms with Gasteiger partial charge in [-0.3, -0.25) is 9.59 Å². The maximum atomic E-state index is 12.1. The minimum absolute atomic E-state index is 0.0779. The molecule has 2 rings (SSSR count). The molecule has 2 aliphatic carbocycles. The van der Waals surface area contributed by atoms with E-state index in [0.29, 0.717) is 56.1 Å². The van der Waals surface area contributed by atoms with Gasteiger partial charge in [0.15, 0.2) is 11.6 Å². The highest BCUT2D eigenvalue weighted by molar-refractivity contribution is 6.03. The molecule has 4 nitrogen and oxygen atoms in total. The fourth-order valence-corrected chi connectivity index (χ4v) is 3.21. The number of aliphatic hydroxyl groups excluding tert-OH is 2. The number of ketones is 2. The molecule has 0 amide bonds. The van der Waals surface area contributed by atoms with E-state index in [1.165, 1.54) is 0 Å². The van der Waals surface area contributed by atoms with Gasteiger partial charge in [-0.2, -0.15) is 0 Å². The van der Waals surface area contributed by atoms with Gasteiger partial charge in [-0.1, -0.05) is 13.3 Å². The highest BCUT2D eigenvalue weighted by Crippen LogP contribution is 2.37. The molecule has 0 saturated heterocycles. The van der Waals surface area contributed by atoms with Gasteiger partial charge >= 0.3 is 0 Å². The first-order valence-electron chi connectivity index (χ1n) is 7.46. The Morgan fingerprint density at radius 2 is 1.35 bits per heavy atom. The SMILES string of the molecule is CCCC(C1=C(O)CCCC1=O)C1=C(O)CCCC1=O. The van der Waals surface area contributed by atoms with Gasteiger partial charge in [0, 0.05) is 42.7 Å². The molecule has 0 aromatic carbocycles. The summed E-state index contributed by atoms with van der Waals surface area (Å²) in [6, 6.07) is 0. The van der Waals surface area contributed by atoms with Gasteiger partial charge in [-0.25, -0.2) is 0 Å². The summed E-state index contributed by atoms with van der Waals surface area (Å²) in [5, 5.41) is 20.2. The number of carbonyl (C=O) groups excluding carboxylic acids is 2. The normalized spacial score (nSPS) is 21.1. The molecule has 0 heterocycles. The summed E-state index contributed by atoms with van der Waals surface area (Å²) in [4.78, 5) is 24.3. The van der Waals surface area contributed by atoms with Gasteiger partial charge in [0.25, 0.3) is 0 Å². The van der Waals surface area contributed by atoms with E-state index >= 15 is 0 Å². The third-order valence-electron chi connectivity index (χ3n) is 4.13. The number of hydrogen-bond acceptors (Lipinski definition) is 4. The third-order valence-corrected chi connectivity index (χ3v) is 4.13. The van der Waals surface area contributed by atoms with Crippen LogP contribution >= 0.6 is 0 Å². The van der Waals surface area contributed by atoms with Crippen LogP contribution in [0.5, 0.6) is 0 Å². The van der Waals surface area contributed by atoms with Crippen molar-refractivity contribution in [2.75, 3.05) is 0 Å². The molecule has 0 fully saturated rings. The lowest BCUT2D eigenvalue weighted by Gasteiger charge is -2.27. The van der Waals surface area contributed by atoms with E-state index < -0.39 is 5.92 Å². The zero-order valence-corrected chi connectivity index (χ0v) is 11.9. The second-order valence-corrected chi connectivity index (χ2v) is 5.62. The Morgan fingerprint density at radius 1 is 0.900 bits per heavy atom. The lowest BCUT2D eigenvalue weighted by molar-refractivity contribution is -0.117. The molecule has 110 valence electrons. The Hall–Kier alpha value is -1.58. The number of Topliss-reactive ketones (excluding diaryl/α,β-unsaturated/α-hetero) is 2. The number of carbonyl (C=O) groups is 2. The lowest BCUT2D eigenvalue weighted by atomic mass is 9.76. The van der Waals surface area contributed by atoms with E-state index in [1.54, 1.807) is 0 Å². The van der Waals surface area contributed by atoms with E-state index in [-0.39, 0.29) is 23.1 Å². The Balaban J connectivity index is 2.46. The first kappa shape index (κ1) is 14.8. The van der Waals surface area contributed by atoms with Crippen molar-refractivity contribution in [3.8, 4) is 0 Å². The predicted octanol–water partition coefficient (Wildman–Crippen LogP) is 3.53. The number of rotatable bonds is 4. The zero-order chi connectivity index (χ0) is 14.7. The monoisotopic (exact) mass is 278 g/mol. The van der Waals surface area contributed by atoms with E-state index in [2.05, 4.69) is 0 Å². The van der Waals surface area contributed by atoms with Crippen LogP contribution < -0.4 is 0 Å². The first-order chi connectivity index (χ1) is 9.56. The standard InChI is InChI=1S/C16H22O4/c1-2-5-10(15-11(17)6-3-7-12(15)18)16-13(19)8-4-9-14(16)20/h10,17,19H,2-9H2,1H3. The third kappa shape index (κ3) is 2.79. The average Bonchev–Trinajstić information content (AvgIpc) is 2.38. The maximum Gasteiger partial charge on any atom is 0.162 e.